The van der Waals surface area contributed by atoms with Crippen molar-refractivity contribution in [3.8, 4) is 29.3 Å². The maximum Gasteiger partial charge on any atom is 0.323 e. The van der Waals surface area contributed by atoms with Gasteiger partial charge in [0, 0.05) is 35.8 Å². The van der Waals surface area contributed by atoms with Crippen LogP contribution in [-0.4, -0.2) is 59.8 Å². The zero-order valence-corrected chi connectivity index (χ0v) is 31.5. The van der Waals surface area contributed by atoms with E-state index in [1.165, 1.54) is 7.11 Å². The van der Waals surface area contributed by atoms with Crippen LogP contribution in [0.4, 0.5) is 5.69 Å². The second kappa shape index (κ2) is 14.9. The molecule has 3 unspecified atom stereocenters. The van der Waals surface area contributed by atoms with E-state index in [4.69, 9.17) is 35.2 Å². The zero-order chi connectivity index (χ0) is 38.4. The molecule has 4 atom stereocenters. The van der Waals surface area contributed by atoms with Crippen molar-refractivity contribution in [1.82, 2.24) is 15.3 Å². The number of methoxy groups -OCH3 is 1. The number of fused-ring (bicyclic) bond motifs is 2. The van der Waals surface area contributed by atoms with Crippen molar-refractivity contribution in [2.75, 3.05) is 31.6 Å². The van der Waals surface area contributed by atoms with Crippen molar-refractivity contribution in [1.29, 1.82) is 5.26 Å². The minimum absolute atomic E-state index is 0.0263. The molecular weight excluding hydrogens is 722 g/mol. The molecule has 2 aromatic heterocycles. The van der Waals surface area contributed by atoms with E-state index < -0.39 is 11.9 Å². The molecule has 8 rings (SSSR count). The first-order valence-electron chi connectivity index (χ1n) is 18.4. The average Bonchev–Trinajstić information content (AvgIpc) is 4.02. The van der Waals surface area contributed by atoms with Crippen LogP contribution in [0.5, 0.6) is 11.8 Å². The number of carbonyl (C=O) groups is 2. The molecule has 2 fully saturated rings. The van der Waals surface area contributed by atoms with Crippen molar-refractivity contribution in [3.05, 3.63) is 98.6 Å². The molecule has 282 valence electrons. The summed E-state index contributed by atoms with van der Waals surface area (Å²) in [7, 11) is 1.50. The summed E-state index contributed by atoms with van der Waals surface area (Å²) in [5, 5.41) is 23.1. The highest BCUT2D eigenvalue weighted by molar-refractivity contribution is 6.31. The molecule has 3 aromatic carbocycles. The minimum atomic E-state index is -0.814. The first-order chi connectivity index (χ1) is 26.6. The van der Waals surface area contributed by atoms with Gasteiger partial charge in [-0.15, -0.1) is 0 Å². The third-order valence-corrected chi connectivity index (χ3v) is 11.4. The van der Waals surface area contributed by atoms with Crippen molar-refractivity contribution in [2.45, 2.75) is 64.2 Å². The number of nitrogens with zero attached hydrogens (tertiary/aromatic N) is 4. The number of pyridine rings is 1. The standard InChI is InChI=1S/C42H40ClN5O7/c1-22-10-11-24(39-46-36-23(2)34(17-26(19-44)37(36)55-39)48-14-12-25(20-48)41(49)50)15-30(22)31-18-35(29-8-5-4-7-28(29)31)54-40-32(43)16-27(38(47-40)52-3)21-53-42(51)33-9-6-13-45-33/h4-5,7-8,10-11,15-17,25,31,33,35,45H,6,9,12-14,18,20-21H2,1-3H3,(H,49,50)/t25?,31?,33-,35?/m1/s1. The zero-order valence-electron chi connectivity index (χ0n) is 30.7. The molecule has 2 N–H and O–H groups in total. The Morgan fingerprint density at radius 1 is 1.07 bits per heavy atom. The van der Waals surface area contributed by atoms with E-state index in [1.54, 1.807) is 12.1 Å². The molecule has 3 aliphatic rings. The molecule has 2 aliphatic heterocycles. The molecule has 12 nitrogen and oxygen atoms in total. The van der Waals surface area contributed by atoms with Gasteiger partial charge in [-0.1, -0.05) is 41.9 Å². The summed E-state index contributed by atoms with van der Waals surface area (Å²) in [6.07, 6.45) is 2.46. The van der Waals surface area contributed by atoms with Gasteiger partial charge in [-0.25, -0.2) is 4.98 Å². The predicted molar refractivity (Wildman–Crippen MR) is 204 cm³/mol. The Kier molecular flexibility index (Phi) is 9.84. The maximum absolute atomic E-state index is 12.5. The number of benzene rings is 3. The third-order valence-electron chi connectivity index (χ3n) is 11.1. The number of aryl methyl sites for hydroxylation is 2. The van der Waals surface area contributed by atoms with Gasteiger partial charge in [0.1, 0.15) is 35.4 Å². The van der Waals surface area contributed by atoms with Crippen molar-refractivity contribution in [2.24, 2.45) is 5.92 Å². The Hall–Kier alpha value is -5.64. The number of esters is 1. The molecule has 0 spiro atoms. The van der Waals surface area contributed by atoms with Crippen LogP contribution in [0, 0.1) is 31.1 Å². The molecule has 55 heavy (non-hydrogen) atoms. The summed E-state index contributed by atoms with van der Waals surface area (Å²) in [5.74, 6) is -0.733. The number of halogens is 1. The molecule has 4 heterocycles. The number of nitriles is 1. The van der Waals surface area contributed by atoms with Crippen molar-refractivity contribution in [3.63, 3.8) is 0 Å². The van der Waals surface area contributed by atoms with E-state index in [1.807, 2.05) is 36.1 Å². The van der Waals surface area contributed by atoms with Crippen LogP contribution in [0.2, 0.25) is 5.02 Å². The van der Waals surface area contributed by atoms with Gasteiger partial charge in [0.25, 0.3) is 0 Å². The largest absolute Gasteiger partial charge is 0.481 e. The Labute approximate surface area is 323 Å². The van der Waals surface area contributed by atoms with Gasteiger partial charge in [-0.2, -0.15) is 10.2 Å². The lowest BCUT2D eigenvalue weighted by Crippen LogP contribution is -2.32. The number of anilines is 1. The topological polar surface area (TPSA) is 160 Å². The van der Waals surface area contributed by atoms with Crippen LogP contribution >= 0.6 is 11.6 Å². The van der Waals surface area contributed by atoms with Gasteiger partial charge in [0.05, 0.1) is 24.2 Å². The number of oxazole rings is 1. The number of ether oxygens (including phenoxy) is 3. The van der Waals surface area contributed by atoms with E-state index in [2.05, 4.69) is 41.5 Å². The monoisotopic (exact) mass is 761 g/mol. The number of carboxylic acid groups (broad SMARTS) is 1. The number of aromatic nitrogens is 2. The SMILES string of the molecule is COc1nc(OC2CC(c3cc(-c4nc5c(C)c(N6CCC(C(=O)O)C6)cc(C#N)c5o4)ccc3C)c3ccccc32)c(Cl)cc1COC(=O)[C@H]1CCCN1. The third kappa shape index (κ3) is 6.83. The minimum Gasteiger partial charge on any atom is -0.481 e. The normalized spacial score (nSPS) is 20.4. The summed E-state index contributed by atoms with van der Waals surface area (Å²) in [6, 6.07) is 19.7. The van der Waals surface area contributed by atoms with Crippen molar-refractivity contribution >= 4 is 40.3 Å². The van der Waals surface area contributed by atoms with Crippen LogP contribution in [0.3, 0.4) is 0 Å². The van der Waals surface area contributed by atoms with E-state index in [9.17, 15) is 20.0 Å². The molecule has 5 aromatic rings. The summed E-state index contributed by atoms with van der Waals surface area (Å²) in [6.45, 7) is 5.74. The first kappa shape index (κ1) is 36.3. The van der Waals surface area contributed by atoms with Crippen molar-refractivity contribution < 1.29 is 33.3 Å². The average molecular weight is 762 g/mol. The van der Waals surface area contributed by atoms with E-state index in [-0.39, 0.29) is 47.4 Å². The van der Waals surface area contributed by atoms with Gasteiger partial charge in [-0.05, 0) is 92.6 Å². The van der Waals surface area contributed by atoms with Gasteiger partial charge < -0.3 is 34.0 Å². The van der Waals surface area contributed by atoms with Crippen LogP contribution in [-0.2, 0) is 20.9 Å². The predicted octanol–water partition coefficient (Wildman–Crippen LogP) is 7.40. The van der Waals surface area contributed by atoms with Crippen LogP contribution < -0.4 is 19.7 Å². The second-order valence-electron chi connectivity index (χ2n) is 14.4. The number of hydrogen-bond acceptors (Lipinski definition) is 11. The number of nitrogens with one attached hydrogen (secondary N) is 1. The molecular formula is C42H40ClN5O7. The molecule has 13 heteroatoms. The van der Waals surface area contributed by atoms with E-state index in [0.29, 0.717) is 54.0 Å². The van der Waals surface area contributed by atoms with Gasteiger partial charge >= 0.3 is 11.9 Å². The van der Waals surface area contributed by atoms with Gasteiger partial charge in [0.2, 0.25) is 17.7 Å². The highest BCUT2D eigenvalue weighted by Gasteiger charge is 2.36. The second-order valence-corrected chi connectivity index (χ2v) is 14.8. The number of carbonyl (C=O) groups excluding carboxylic acids is 1. The molecule has 0 saturated carbocycles. The summed E-state index contributed by atoms with van der Waals surface area (Å²) in [5.41, 5.74) is 8.60. The number of carboxylic acids is 1. The lowest BCUT2D eigenvalue weighted by molar-refractivity contribution is -0.147. The van der Waals surface area contributed by atoms with E-state index in [0.717, 1.165) is 58.5 Å². The molecule has 1 aliphatic carbocycles. The summed E-state index contributed by atoms with van der Waals surface area (Å²) in [4.78, 5) is 35.7. The quantitative estimate of drug-likeness (QED) is 0.136. The number of hydrogen-bond donors (Lipinski definition) is 2. The first-order valence-corrected chi connectivity index (χ1v) is 18.8. The Bertz CT molecular complexity index is 2360. The van der Waals surface area contributed by atoms with Crippen LogP contribution in [0.1, 0.15) is 76.6 Å². The molecule has 0 amide bonds. The fraction of sp³-hybridized carbons (Fsp3) is 0.357. The number of rotatable bonds is 10. The fourth-order valence-corrected chi connectivity index (χ4v) is 8.39. The molecule has 0 radical (unpaired) electrons. The van der Waals surface area contributed by atoms with Gasteiger partial charge in [0.15, 0.2) is 5.58 Å². The van der Waals surface area contributed by atoms with Crippen LogP contribution in [0.15, 0.2) is 59.0 Å². The number of aliphatic carboxylic acids is 1. The molecule has 0 bridgehead atoms. The maximum atomic E-state index is 12.5. The van der Waals surface area contributed by atoms with Gasteiger partial charge in [-0.3, -0.25) is 9.59 Å². The summed E-state index contributed by atoms with van der Waals surface area (Å²) >= 11 is 6.75. The highest BCUT2D eigenvalue weighted by Crippen LogP contribution is 2.48. The Morgan fingerprint density at radius 2 is 1.89 bits per heavy atom. The summed E-state index contributed by atoms with van der Waals surface area (Å²) < 4.78 is 24.0. The Morgan fingerprint density at radius 3 is 2.62 bits per heavy atom. The molecule has 2 saturated heterocycles. The lowest BCUT2D eigenvalue weighted by atomic mass is 9.88. The smallest absolute Gasteiger partial charge is 0.323 e. The van der Waals surface area contributed by atoms with Crippen LogP contribution in [0.25, 0.3) is 22.6 Å². The Balaban J connectivity index is 1.07. The fourth-order valence-electron chi connectivity index (χ4n) is 8.18. The van der Waals surface area contributed by atoms with E-state index >= 15 is 0 Å². The lowest BCUT2D eigenvalue weighted by Gasteiger charge is -2.20. The highest BCUT2D eigenvalue weighted by atomic mass is 35.5.